The molecule has 0 saturated heterocycles. The topological polar surface area (TPSA) is 52.9 Å². The predicted molar refractivity (Wildman–Crippen MR) is 72.7 cm³/mol. The molecule has 1 N–H and O–H groups in total. The van der Waals surface area contributed by atoms with E-state index in [2.05, 4.69) is 25.2 Å². The number of nitrogens with zero attached hydrogens (tertiary/aromatic N) is 1. The van der Waals surface area contributed by atoms with Crippen LogP contribution < -0.4 is 5.32 Å². The second-order valence-electron chi connectivity index (χ2n) is 5.88. The highest BCUT2D eigenvalue weighted by Gasteiger charge is 2.37. The fourth-order valence-corrected chi connectivity index (χ4v) is 2.97. The number of rotatable bonds is 4. The lowest BCUT2D eigenvalue weighted by Gasteiger charge is -2.35. The second-order valence-corrected chi connectivity index (χ2v) is 5.88. The summed E-state index contributed by atoms with van der Waals surface area (Å²) in [5.41, 5.74) is -0.831. The monoisotopic (exact) mass is 250 g/mol. The van der Waals surface area contributed by atoms with Crippen LogP contribution in [-0.4, -0.2) is 11.9 Å². The number of nitrogens with one attached hydrogen (secondary N) is 1. The van der Waals surface area contributed by atoms with E-state index in [1.807, 2.05) is 13.8 Å². The van der Waals surface area contributed by atoms with Gasteiger partial charge >= 0.3 is 0 Å². The Morgan fingerprint density at radius 1 is 1.33 bits per heavy atom. The smallest absolute Gasteiger partial charge is 0.240 e. The highest BCUT2D eigenvalue weighted by molar-refractivity contribution is 5.85. The fraction of sp³-hybridized carbons (Fsp3) is 0.867. The Morgan fingerprint density at radius 2 is 1.94 bits per heavy atom. The van der Waals surface area contributed by atoms with E-state index >= 15 is 0 Å². The third kappa shape index (κ3) is 3.04. The van der Waals surface area contributed by atoms with Crippen LogP contribution in [0.25, 0.3) is 0 Å². The number of carbonyl (C=O) groups is 1. The van der Waals surface area contributed by atoms with E-state index in [-0.39, 0.29) is 11.9 Å². The van der Waals surface area contributed by atoms with Gasteiger partial charge in [0.2, 0.25) is 5.91 Å². The summed E-state index contributed by atoms with van der Waals surface area (Å²) in [4.78, 5) is 12.3. The fourth-order valence-electron chi connectivity index (χ4n) is 2.97. The van der Waals surface area contributed by atoms with Crippen molar-refractivity contribution in [2.24, 2.45) is 17.3 Å². The Bertz CT molecular complexity index is 328. The SMILES string of the molecule is CCC(C#N)(CC)C(=O)NC1CCC(C)CC1C. The van der Waals surface area contributed by atoms with Gasteiger partial charge in [-0.25, -0.2) is 0 Å². The standard InChI is InChI=1S/C15H26N2O/c1-5-15(6-2,10-16)14(18)17-13-8-7-11(3)9-12(13)4/h11-13H,5-9H2,1-4H3,(H,17,18). The summed E-state index contributed by atoms with van der Waals surface area (Å²) in [6.07, 6.45) is 4.56. The van der Waals surface area contributed by atoms with E-state index < -0.39 is 5.41 Å². The summed E-state index contributed by atoms with van der Waals surface area (Å²) in [5, 5.41) is 12.4. The van der Waals surface area contributed by atoms with Crippen molar-refractivity contribution in [2.45, 2.75) is 65.8 Å². The Labute approximate surface area is 111 Å². The summed E-state index contributed by atoms with van der Waals surface area (Å²) in [5.74, 6) is 1.20. The molecule has 0 radical (unpaired) electrons. The molecule has 3 unspecified atom stereocenters. The van der Waals surface area contributed by atoms with E-state index in [1.165, 1.54) is 12.8 Å². The largest absolute Gasteiger partial charge is 0.352 e. The lowest BCUT2D eigenvalue weighted by atomic mass is 9.78. The third-order valence-corrected chi connectivity index (χ3v) is 4.60. The van der Waals surface area contributed by atoms with Crippen molar-refractivity contribution in [1.29, 1.82) is 5.26 Å². The minimum absolute atomic E-state index is 0.0681. The Kier molecular flexibility index (Phi) is 5.19. The first-order valence-electron chi connectivity index (χ1n) is 7.21. The van der Waals surface area contributed by atoms with Gasteiger partial charge in [0.15, 0.2) is 0 Å². The maximum absolute atomic E-state index is 12.3. The third-order valence-electron chi connectivity index (χ3n) is 4.60. The van der Waals surface area contributed by atoms with E-state index in [0.717, 1.165) is 12.3 Å². The van der Waals surface area contributed by atoms with Crippen LogP contribution in [0, 0.1) is 28.6 Å². The maximum atomic E-state index is 12.3. The first-order valence-corrected chi connectivity index (χ1v) is 7.21. The molecule has 0 bridgehead atoms. The molecule has 0 spiro atoms. The number of hydrogen-bond donors (Lipinski definition) is 1. The molecule has 0 aromatic heterocycles. The van der Waals surface area contributed by atoms with Crippen molar-refractivity contribution in [3.05, 3.63) is 0 Å². The molecule has 1 aliphatic carbocycles. The van der Waals surface area contributed by atoms with Crippen molar-refractivity contribution in [3.63, 3.8) is 0 Å². The van der Waals surface area contributed by atoms with Gasteiger partial charge in [-0.05, 0) is 43.9 Å². The van der Waals surface area contributed by atoms with Gasteiger partial charge in [-0.2, -0.15) is 5.26 Å². The van der Waals surface area contributed by atoms with Gasteiger partial charge in [-0.1, -0.05) is 27.7 Å². The molecule has 0 aromatic carbocycles. The zero-order valence-electron chi connectivity index (χ0n) is 12.1. The van der Waals surface area contributed by atoms with E-state index in [9.17, 15) is 10.1 Å². The molecule has 1 fully saturated rings. The molecule has 3 heteroatoms. The van der Waals surface area contributed by atoms with Gasteiger partial charge in [0.1, 0.15) is 5.41 Å². The van der Waals surface area contributed by atoms with Crippen LogP contribution in [0.15, 0.2) is 0 Å². The number of amides is 1. The minimum atomic E-state index is -0.831. The zero-order valence-corrected chi connectivity index (χ0v) is 12.1. The average Bonchev–Trinajstić information content (AvgIpc) is 2.36. The van der Waals surface area contributed by atoms with E-state index in [0.29, 0.717) is 18.8 Å². The van der Waals surface area contributed by atoms with Crippen molar-refractivity contribution < 1.29 is 4.79 Å². The van der Waals surface area contributed by atoms with Crippen LogP contribution >= 0.6 is 0 Å². The lowest BCUT2D eigenvalue weighted by Crippen LogP contribution is -2.48. The lowest BCUT2D eigenvalue weighted by molar-refractivity contribution is -0.130. The summed E-state index contributed by atoms with van der Waals surface area (Å²) >= 11 is 0. The Morgan fingerprint density at radius 3 is 2.39 bits per heavy atom. The molecule has 0 aliphatic heterocycles. The quantitative estimate of drug-likeness (QED) is 0.832. The first kappa shape index (κ1) is 15.0. The summed E-state index contributed by atoms with van der Waals surface area (Å²) < 4.78 is 0. The number of hydrogen-bond acceptors (Lipinski definition) is 2. The van der Waals surface area contributed by atoms with Crippen LogP contribution in [0.2, 0.25) is 0 Å². The normalized spacial score (nSPS) is 28.5. The number of nitriles is 1. The molecule has 3 atom stereocenters. The van der Waals surface area contributed by atoms with Crippen molar-refractivity contribution in [3.8, 4) is 6.07 Å². The van der Waals surface area contributed by atoms with Crippen molar-refractivity contribution in [1.82, 2.24) is 5.32 Å². The molecule has 3 nitrogen and oxygen atoms in total. The summed E-state index contributed by atoms with van der Waals surface area (Å²) in [7, 11) is 0. The predicted octanol–water partition coefficient (Wildman–Crippen LogP) is 3.26. The molecule has 1 aliphatic rings. The summed E-state index contributed by atoms with van der Waals surface area (Å²) in [6.45, 7) is 8.30. The molecule has 0 aromatic rings. The van der Waals surface area contributed by atoms with Crippen LogP contribution in [-0.2, 0) is 4.79 Å². The second kappa shape index (κ2) is 6.22. The minimum Gasteiger partial charge on any atom is -0.352 e. The van der Waals surface area contributed by atoms with Gasteiger partial charge in [-0.3, -0.25) is 4.79 Å². The van der Waals surface area contributed by atoms with Gasteiger partial charge in [0, 0.05) is 6.04 Å². The van der Waals surface area contributed by atoms with E-state index in [1.54, 1.807) is 0 Å². The van der Waals surface area contributed by atoms with Crippen LogP contribution in [0.4, 0.5) is 0 Å². The molecule has 102 valence electrons. The van der Waals surface area contributed by atoms with Gasteiger partial charge in [0.25, 0.3) is 0 Å². The van der Waals surface area contributed by atoms with Crippen LogP contribution in [0.3, 0.4) is 0 Å². The van der Waals surface area contributed by atoms with Gasteiger partial charge in [0.05, 0.1) is 6.07 Å². The van der Waals surface area contributed by atoms with Crippen LogP contribution in [0.1, 0.15) is 59.8 Å². The zero-order chi connectivity index (χ0) is 13.8. The molecular formula is C15H26N2O. The molecule has 1 amide bonds. The van der Waals surface area contributed by atoms with Gasteiger partial charge < -0.3 is 5.32 Å². The summed E-state index contributed by atoms with van der Waals surface area (Å²) in [6, 6.07) is 2.47. The first-order chi connectivity index (χ1) is 8.49. The Balaban J connectivity index is 2.67. The molecule has 1 rings (SSSR count). The van der Waals surface area contributed by atoms with Gasteiger partial charge in [-0.15, -0.1) is 0 Å². The van der Waals surface area contributed by atoms with Crippen molar-refractivity contribution >= 4 is 5.91 Å². The van der Waals surface area contributed by atoms with E-state index in [4.69, 9.17) is 0 Å². The highest BCUT2D eigenvalue weighted by Crippen LogP contribution is 2.31. The molecular weight excluding hydrogens is 224 g/mol. The molecule has 18 heavy (non-hydrogen) atoms. The maximum Gasteiger partial charge on any atom is 0.240 e. The average molecular weight is 250 g/mol. The molecule has 0 heterocycles. The van der Waals surface area contributed by atoms with Crippen LogP contribution in [0.5, 0.6) is 0 Å². The van der Waals surface area contributed by atoms with Crippen molar-refractivity contribution in [2.75, 3.05) is 0 Å². The molecule has 1 saturated carbocycles. The highest BCUT2D eigenvalue weighted by atomic mass is 16.2. The Hall–Kier alpha value is -1.04. The number of carbonyl (C=O) groups excluding carboxylic acids is 1.